The van der Waals surface area contributed by atoms with Crippen molar-refractivity contribution in [3.63, 3.8) is 0 Å². The molecule has 1 atom stereocenters. The molecule has 37 heavy (non-hydrogen) atoms. The van der Waals surface area contributed by atoms with Gasteiger partial charge in [0.2, 0.25) is 0 Å². The number of rotatable bonds is 7. The molecule has 0 radical (unpaired) electrons. The molecule has 0 bridgehead atoms. The van der Waals surface area contributed by atoms with Crippen LogP contribution in [0.2, 0.25) is 0 Å². The summed E-state index contributed by atoms with van der Waals surface area (Å²) in [7, 11) is -3.77. The Morgan fingerprint density at radius 2 is 1.86 bits per heavy atom. The number of phosphoric acid groups is 1. The number of hydrogen-bond acceptors (Lipinski definition) is 9. The van der Waals surface area contributed by atoms with E-state index in [0.29, 0.717) is 28.2 Å². The highest BCUT2D eigenvalue weighted by Crippen LogP contribution is 2.50. The van der Waals surface area contributed by atoms with Gasteiger partial charge in [-0.1, -0.05) is 6.92 Å². The molecule has 0 amide bonds. The van der Waals surface area contributed by atoms with Crippen LogP contribution in [0.3, 0.4) is 0 Å². The number of esters is 1. The molecule has 10 nitrogen and oxygen atoms in total. The summed E-state index contributed by atoms with van der Waals surface area (Å²) >= 11 is 0. The lowest BCUT2D eigenvalue weighted by molar-refractivity contribution is -0.149. The third-order valence-corrected chi connectivity index (χ3v) is 8.58. The van der Waals surface area contributed by atoms with Gasteiger partial charge in [0.15, 0.2) is 0 Å². The van der Waals surface area contributed by atoms with Crippen molar-refractivity contribution in [2.75, 3.05) is 13.2 Å². The molecule has 0 spiro atoms. The quantitative estimate of drug-likeness (QED) is 0.275. The monoisotopic (exact) mass is 528 g/mol. The molecule has 3 aromatic rings. The Kier molecular flexibility index (Phi) is 6.48. The molecule has 5 rings (SSSR count). The van der Waals surface area contributed by atoms with E-state index >= 15 is 0 Å². The minimum absolute atomic E-state index is 0.169. The van der Waals surface area contributed by atoms with E-state index < -0.39 is 19.4 Å². The first-order chi connectivity index (χ1) is 17.6. The maximum Gasteiger partial charge on any atom is 0.530 e. The van der Waals surface area contributed by atoms with Crippen molar-refractivity contribution in [2.24, 2.45) is 0 Å². The topological polar surface area (TPSA) is 126 Å². The molecule has 2 aliphatic rings. The summed E-state index contributed by atoms with van der Waals surface area (Å²) < 4.78 is 35.8. The summed E-state index contributed by atoms with van der Waals surface area (Å²) in [6.07, 6.45) is 0.0394. The molecule has 0 aliphatic carbocycles. The van der Waals surface area contributed by atoms with Crippen LogP contribution in [-0.4, -0.2) is 33.8 Å². The van der Waals surface area contributed by atoms with Crippen LogP contribution in [0.25, 0.3) is 22.3 Å². The van der Waals surface area contributed by atoms with Gasteiger partial charge in [-0.2, -0.15) is 0 Å². The minimum atomic E-state index is -3.77. The van der Waals surface area contributed by atoms with Gasteiger partial charge in [0.05, 0.1) is 48.6 Å². The molecule has 0 saturated carbocycles. The zero-order valence-corrected chi connectivity index (χ0v) is 22.1. The Morgan fingerprint density at radius 1 is 1.14 bits per heavy atom. The molecular weight excluding hydrogens is 499 g/mol. The van der Waals surface area contributed by atoms with Gasteiger partial charge in [-0.05, 0) is 62.6 Å². The van der Waals surface area contributed by atoms with Crippen molar-refractivity contribution >= 4 is 24.7 Å². The van der Waals surface area contributed by atoms with Gasteiger partial charge in [0.25, 0.3) is 5.56 Å². The number of ether oxygens (including phenoxy) is 1. The largest absolute Gasteiger partial charge is 0.530 e. The van der Waals surface area contributed by atoms with Crippen LogP contribution in [0.5, 0.6) is 5.75 Å². The van der Waals surface area contributed by atoms with Crippen LogP contribution in [0, 0.1) is 6.92 Å². The predicted octanol–water partition coefficient (Wildman–Crippen LogP) is 4.34. The summed E-state index contributed by atoms with van der Waals surface area (Å²) in [6.45, 7) is 7.56. The smallest absolute Gasteiger partial charge is 0.460 e. The van der Waals surface area contributed by atoms with Crippen molar-refractivity contribution in [1.82, 2.24) is 9.55 Å². The van der Waals surface area contributed by atoms with Crippen molar-refractivity contribution < 1.29 is 32.8 Å². The Bertz CT molecular complexity index is 1520. The molecule has 0 fully saturated rings. The summed E-state index contributed by atoms with van der Waals surface area (Å²) in [4.78, 5) is 30.5. The molecule has 4 heterocycles. The van der Waals surface area contributed by atoms with Gasteiger partial charge in [-0.15, -0.1) is 0 Å². The second kappa shape index (κ2) is 9.36. The lowest BCUT2D eigenvalue weighted by Gasteiger charge is -2.26. The zero-order chi connectivity index (χ0) is 26.5. The third-order valence-electron chi connectivity index (χ3n) is 6.99. The van der Waals surface area contributed by atoms with E-state index in [1.165, 1.54) is 0 Å². The van der Waals surface area contributed by atoms with Gasteiger partial charge in [0, 0.05) is 10.9 Å². The van der Waals surface area contributed by atoms with Crippen LogP contribution in [0.15, 0.2) is 29.1 Å². The van der Waals surface area contributed by atoms with Crippen molar-refractivity contribution in [1.29, 1.82) is 0 Å². The Balaban J connectivity index is 1.62. The van der Waals surface area contributed by atoms with E-state index in [9.17, 15) is 19.3 Å². The zero-order valence-electron chi connectivity index (χ0n) is 21.2. The molecule has 196 valence electrons. The number of pyridine rings is 2. The van der Waals surface area contributed by atoms with Gasteiger partial charge in [-0.3, -0.25) is 18.6 Å². The number of aryl methyl sites for hydroxylation is 1. The summed E-state index contributed by atoms with van der Waals surface area (Å²) in [5, 5.41) is 12.1. The van der Waals surface area contributed by atoms with Crippen molar-refractivity contribution in [3.8, 4) is 17.1 Å². The third kappa shape index (κ3) is 4.28. The highest BCUT2D eigenvalue weighted by atomic mass is 31.2. The van der Waals surface area contributed by atoms with E-state index in [4.69, 9.17) is 23.3 Å². The second-order valence-electron chi connectivity index (χ2n) is 9.15. The number of hydrogen-bond donors (Lipinski definition) is 1. The maximum absolute atomic E-state index is 13.5. The van der Waals surface area contributed by atoms with E-state index in [1.807, 2.05) is 6.92 Å². The van der Waals surface area contributed by atoms with Crippen LogP contribution in [-0.2, 0) is 41.9 Å². The number of aliphatic hydroxyl groups is 1. The SMILES string of the molecule is CCOP(=O)(OCC)Oc1ccc2nc3c(c(C)c2c1)Cn1c-3cc2c(c1=O)COC(=O)C[C@]2(O)CC. The number of carbonyl (C=O) groups excluding carboxylic acids is 1. The first-order valence-electron chi connectivity index (χ1n) is 12.3. The van der Waals surface area contributed by atoms with E-state index in [2.05, 4.69) is 0 Å². The van der Waals surface area contributed by atoms with E-state index in [-0.39, 0.29) is 50.3 Å². The predicted molar refractivity (Wildman–Crippen MR) is 135 cm³/mol. The standard InChI is InChI=1S/C26H29N2O8P/c1-5-26(31)12-23(29)33-14-19-20(26)11-22-24-18(13-28(22)25(19)30)15(4)17-10-16(8-9-21(17)27-24)36-37(32,34-6-2)35-7-3/h8-11,31H,5-7,12-14H2,1-4H3/t26-/m1/s1. The summed E-state index contributed by atoms with van der Waals surface area (Å²) in [5.41, 5.74) is 2.53. The average molecular weight is 528 g/mol. The number of carbonyl (C=O) groups is 1. The fourth-order valence-electron chi connectivity index (χ4n) is 5.05. The average Bonchev–Trinajstić information content (AvgIpc) is 3.16. The number of phosphoric ester groups is 1. The van der Waals surface area contributed by atoms with Crippen LogP contribution >= 0.6 is 7.82 Å². The Labute approximate surface area is 213 Å². The maximum atomic E-state index is 13.5. The van der Waals surface area contributed by atoms with Crippen LogP contribution in [0.1, 0.15) is 55.9 Å². The van der Waals surface area contributed by atoms with Crippen molar-refractivity contribution in [3.05, 3.63) is 56.9 Å². The molecular formula is C26H29N2O8P. The highest BCUT2D eigenvalue weighted by Gasteiger charge is 2.39. The molecule has 0 unspecified atom stereocenters. The lowest BCUT2D eigenvalue weighted by atomic mass is 9.85. The van der Waals surface area contributed by atoms with Gasteiger partial charge in [0.1, 0.15) is 18.0 Å². The fraction of sp³-hybridized carbons (Fsp3) is 0.423. The highest BCUT2D eigenvalue weighted by molar-refractivity contribution is 7.48. The number of aromatic nitrogens is 2. The normalized spacial score (nSPS) is 18.7. The van der Waals surface area contributed by atoms with Crippen LogP contribution < -0.4 is 10.1 Å². The summed E-state index contributed by atoms with van der Waals surface area (Å²) in [5.74, 6) is -0.224. The van der Waals surface area contributed by atoms with Gasteiger partial charge in [-0.25, -0.2) is 9.55 Å². The Hall–Kier alpha value is -3.04. The lowest BCUT2D eigenvalue weighted by Crippen LogP contribution is -2.32. The first-order valence-corrected chi connectivity index (χ1v) is 13.8. The molecule has 1 aromatic carbocycles. The van der Waals surface area contributed by atoms with Gasteiger partial charge < -0.3 is 18.9 Å². The molecule has 1 N–H and O–H groups in total. The van der Waals surface area contributed by atoms with E-state index in [0.717, 1.165) is 16.5 Å². The number of nitrogens with zero attached hydrogens (tertiary/aromatic N) is 2. The van der Waals surface area contributed by atoms with Crippen LogP contribution in [0.4, 0.5) is 0 Å². The fourth-order valence-corrected chi connectivity index (χ4v) is 6.23. The number of benzene rings is 1. The second-order valence-corrected chi connectivity index (χ2v) is 10.7. The number of cyclic esters (lactones) is 1. The molecule has 2 aliphatic heterocycles. The molecule has 2 aromatic heterocycles. The molecule has 11 heteroatoms. The van der Waals surface area contributed by atoms with E-state index in [1.54, 1.807) is 49.6 Å². The van der Waals surface area contributed by atoms with Gasteiger partial charge >= 0.3 is 13.8 Å². The summed E-state index contributed by atoms with van der Waals surface area (Å²) in [6, 6.07) is 6.89. The molecule has 0 saturated heterocycles. The Morgan fingerprint density at radius 3 is 2.54 bits per heavy atom. The first kappa shape index (κ1) is 25.6. The number of fused-ring (bicyclic) bond motifs is 5. The minimum Gasteiger partial charge on any atom is -0.460 e. The van der Waals surface area contributed by atoms with Crippen molar-refractivity contribution in [2.45, 2.75) is 59.3 Å².